The smallest absolute Gasteiger partial charge is 0.0141 e. The summed E-state index contributed by atoms with van der Waals surface area (Å²) < 4.78 is 0. The lowest BCUT2D eigenvalue weighted by Gasteiger charge is -2.37. The van der Waals surface area contributed by atoms with Crippen LogP contribution in [0.3, 0.4) is 0 Å². The molecule has 0 saturated heterocycles. The van der Waals surface area contributed by atoms with Gasteiger partial charge in [-0.3, -0.25) is 0 Å². The zero-order chi connectivity index (χ0) is 11.4. The molecule has 1 atom stereocenters. The molecule has 1 fully saturated rings. The fourth-order valence-electron chi connectivity index (χ4n) is 2.20. The molecule has 0 heterocycles. The molecular weight excluding hydrogens is 214 g/mol. The minimum atomic E-state index is 0.732. The Morgan fingerprint density at radius 3 is 2.62 bits per heavy atom. The van der Waals surface area contributed by atoms with Gasteiger partial charge >= 0.3 is 0 Å². The lowest BCUT2D eigenvalue weighted by molar-refractivity contribution is 0.293. The third-order valence-electron chi connectivity index (χ3n) is 3.51. The second kappa shape index (κ2) is 5.74. The van der Waals surface area contributed by atoms with Crippen LogP contribution in [0.5, 0.6) is 0 Å². The number of benzene rings is 1. The molecule has 0 amide bonds. The van der Waals surface area contributed by atoms with Crippen LogP contribution in [0.4, 0.5) is 0 Å². The van der Waals surface area contributed by atoms with E-state index in [9.17, 15) is 0 Å². The Hall–Kier alpha value is -0.470. The van der Waals surface area contributed by atoms with E-state index in [1.54, 1.807) is 0 Å². The third kappa shape index (κ3) is 3.02. The predicted octanol–water partition coefficient (Wildman–Crippen LogP) is 3.27. The Bertz CT molecular complexity index is 306. The predicted molar refractivity (Wildman–Crippen MR) is 73.2 cm³/mol. The van der Waals surface area contributed by atoms with Crippen LogP contribution in [0.25, 0.3) is 0 Å². The van der Waals surface area contributed by atoms with Crippen LogP contribution in [0.15, 0.2) is 30.3 Å². The summed E-state index contributed by atoms with van der Waals surface area (Å²) in [5.74, 6) is 0.795. The molecule has 1 nitrogen and oxygen atoms in total. The van der Waals surface area contributed by atoms with E-state index in [1.165, 1.54) is 18.4 Å². The van der Waals surface area contributed by atoms with Gasteiger partial charge in [-0.05, 0) is 30.6 Å². The van der Waals surface area contributed by atoms with Crippen molar-refractivity contribution in [3.05, 3.63) is 35.9 Å². The minimum Gasteiger partial charge on any atom is -0.313 e. The molecule has 0 bridgehead atoms. The fourth-order valence-corrected chi connectivity index (χ4v) is 2.46. The maximum atomic E-state index is 3.65. The summed E-state index contributed by atoms with van der Waals surface area (Å²) in [6.45, 7) is 3.43. The quantitative estimate of drug-likeness (QED) is 0.840. The van der Waals surface area contributed by atoms with Gasteiger partial charge in [0.15, 0.2) is 0 Å². The van der Waals surface area contributed by atoms with Gasteiger partial charge in [0.25, 0.3) is 0 Å². The fraction of sp³-hybridized carbons (Fsp3) is 0.571. The normalized spacial score (nSPS) is 26.1. The summed E-state index contributed by atoms with van der Waals surface area (Å²) in [5.41, 5.74) is 1.51. The number of thioether (sulfide) groups is 1. The van der Waals surface area contributed by atoms with Crippen molar-refractivity contribution in [3.8, 4) is 0 Å². The first-order valence-corrected chi connectivity index (χ1v) is 7.39. The highest BCUT2D eigenvalue weighted by atomic mass is 32.2. The van der Waals surface area contributed by atoms with Crippen LogP contribution in [0.2, 0.25) is 0 Å². The van der Waals surface area contributed by atoms with E-state index in [4.69, 9.17) is 0 Å². The largest absolute Gasteiger partial charge is 0.313 e. The van der Waals surface area contributed by atoms with Crippen LogP contribution in [0, 0.1) is 0 Å². The Labute approximate surface area is 103 Å². The highest BCUT2D eigenvalue weighted by Crippen LogP contribution is 2.36. The van der Waals surface area contributed by atoms with Crippen molar-refractivity contribution in [1.82, 2.24) is 5.32 Å². The molecular formula is C14H21NS. The van der Waals surface area contributed by atoms with Crippen molar-refractivity contribution in [2.75, 3.05) is 12.8 Å². The molecule has 1 N–H and O–H groups in total. The lowest BCUT2D eigenvalue weighted by Crippen LogP contribution is -2.42. The standard InChI is InChI=1S/C14H21NS/c1-11(16-2)10-15-14-8-13(9-14)12-6-4-3-5-7-12/h3-7,11,13-15H,8-10H2,1-2H3. The lowest BCUT2D eigenvalue weighted by atomic mass is 9.76. The van der Waals surface area contributed by atoms with Crippen molar-refractivity contribution >= 4 is 11.8 Å². The van der Waals surface area contributed by atoms with Crippen LogP contribution in [0.1, 0.15) is 31.2 Å². The van der Waals surface area contributed by atoms with E-state index in [0.717, 1.165) is 23.8 Å². The highest BCUT2D eigenvalue weighted by molar-refractivity contribution is 7.99. The molecule has 0 radical (unpaired) electrons. The van der Waals surface area contributed by atoms with E-state index in [-0.39, 0.29) is 0 Å². The second-order valence-electron chi connectivity index (χ2n) is 4.73. The SMILES string of the molecule is CSC(C)CNC1CC(c2ccccc2)C1. The second-order valence-corrected chi connectivity index (χ2v) is 6.01. The van der Waals surface area contributed by atoms with Gasteiger partial charge in [-0.25, -0.2) is 0 Å². The molecule has 0 aromatic heterocycles. The number of hydrogen-bond donors (Lipinski definition) is 1. The number of hydrogen-bond acceptors (Lipinski definition) is 2. The van der Waals surface area contributed by atoms with Crippen LogP contribution in [-0.4, -0.2) is 24.1 Å². The van der Waals surface area contributed by atoms with E-state index in [0.29, 0.717) is 0 Å². The first-order valence-electron chi connectivity index (χ1n) is 6.10. The van der Waals surface area contributed by atoms with Crippen LogP contribution < -0.4 is 5.32 Å². The molecule has 1 aliphatic rings. The monoisotopic (exact) mass is 235 g/mol. The van der Waals surface area contributed by atoms with Crippen molar-refractivity contribution in [2.24, 2.45) is 0 Å². The van der Waals surface area contributed by atoms with Crippen molar-refractivity contribution in [3.63, 3.8) is 0 Å². The molecule has 1 aromatic rings. The Balaban J connectivity index is 1.70. The Kier molecular flexibility index (Phi) is 4.30. The average Bonchev–Trinajstić information content (AvgIpc) is 2.28. The van der Waals surface area contributed by atoms with Crippen molar-refractivity contribution < 1.29 is 0 Å². The first kappa shape index (κ1) is 12.0. The van der Waals surface area contributed by atoms with Crippen molar-refractivity contribution in [1.29, 1.82) is 0 Å². The zero-order valence-corrected chi connectivity index (χ0v) is 11.0. The Morgan fingerprint density at radius 2 is 2.00 bits per heavy atom. The molecule has 1 unspecified atom stereocenters. The molecule has 0 aliphatic heterocycles. The summed E-state index contributed by atoms with van der Waals surface area (Å²) in [5, 5.41) is 4.38. The van der Waals surface area contributed by atoms with Gasteiger partial charge in [0.05, 0.1) is 0 Å². The summed E-state index contributed by atoms with van der Waals surface area (Å²) in [4.78, 5) is 0. The van der Waals surface area contributed by atoms with Gasteiger partial charge < -0.3 is 5.32 Å². The van der Waals surface area contributed by atoms with Crippen LogP contribution in [-0.2, 0) is 0 Å². The van der Waals surface area contributed by atoms with E-state index in [1.807, 2.05) is 11.8 Å². The van der Waals surface area contributed by atoms with Crippen LogP contribution >= 0.6 is 11.8 Å². The molecule has 1 aliphatic carbocycles. The van der Waals surface area contributed by atoms with Gasteiger partial charge in [-0.2, -0.15) is 11.8 Å². The molecule has 2 rings (SSSR count). The molecule has 2 heteroatoms. The van der Waals surface area contributed by atoms with Gasteiger partial charge in [-0.1, -0.05) is 37.3 Å². The minimum absolute atomic E-state index is 0.732. The molecule has 88 valence electrons. The topological polar surface area (TPSA) is 12.0 Å². The summed E-state index contributed by atoms with van der Waals surface area (Å²) in [6, 6.07) is 11.6. The number of nitrogens with one attached hydrogen (secondary N) is 1. The van der Waals surface area contributed by atoms with Gasteiger partial charge in [-0.15, -0.1) is 0 Å². The summed E-state index contributed by atoms with van der Waals surface area (Å²) >= 11 is 1.94. The molecule has 16 heavy (non-hydrogen) atoms. The summed E-state index contributed by atoms with van der Waals surface area (Å²) in [7, 11) is 0. The van der Waals surface area contributed by atoms with E-state index in [2.05, 4.69) is 48.8 Å². The average molecular weight is 235 g/mol. The molecule has 0 spiro atoms. The maximum Gasteiger partial charge on any atom is 0.0141 e. The van der Waals surface area contributed by atoms with Gasteiger partial charge in [0.1, 0.15) is 0 Å². The Morgan fingerprint density at radius 1 is 1.31 bits per heavy atom. The molecule has 1 saturated carbocycles. The highest BCUT2D eigenvalue weighted by Gasteiger charge is 2.29. The van der Waals surface area contributed by atoms with E-state index >= 15 is 0 Å². The third-order valence-corrected chi connectivity index (χ3v) is 4.48. The number of rotatable bonds is 5. The van der Waals surface area contributed by atoms with Gasteiger partial charge in [0.2, 0.25) is 0 Å². The summed E-state index contributed by atoms with van der Waals surface area (Å²) in [6.07, 6.45) is 4.80. The first-order chi connectivity index (χ1) is 7.79. The maximum absolute atomic E-state index is 3.65. The zero-order valence-electron chi connectivity index (χ0n) is 10.1. The molecule has 1 aromatic carbocycles. The van der Waals surface area contributed by atoms with Gasteiger partial charge in [0, 0.05) is 17.8 Å². The van der Waals surface area contributed by atoms with Crippen molar-refractivity contribution in [2.45, 2.75) is 37.0 Å². The van der Waals surface area contributed by atoms with E-state index < -0.39 is 0 Å².